The zero-order valence-corrected chi connectivity index (χ0v) is 31.5. The number of likely N-dealkylation sites (tertiary alicyclic amines) is 2. The highest BCUT2D eigenvalue weighted by atomic mass is 35.5. The van der Waals surface area contributed by atoms with Crippen LogP contribution in [0.1, 0.15) is 50.6 Å². The molecule has 0 bridgehead atoms. The number of nitrogen functional groups attached to an aromatic ring is 2. The quantitative estimate of drug-likeness (QED) is 0.159. The number of rotatable bonds is 10. The van der Waals surface area contributed by atoms with Crippen LogP contribution >= 0.6 is 23.2 Å². The molecule has 2 amide bonds. The number of amides is 2. The van der Waals surface area contributed by atoms with E-state index in [1.165, 1.54) is 12.7 Å². The second kappa shape index (κ2) is 15.7. The van der Waals surface area contributed by atoms with Crippen molar-refractivity contribution in [1.82, 2.24) is 49.3 Å². The average Bonchev–Trinajstić information content (AvgIpc) is 3.80. The number of hydrogen-bond donors (Lipinski definition) is 2. The molecule has 2 saturated heterocycles. The third kappa shape index (κ3) is 7.21. The van der Waals surface area contributed by atoms with Gasteiger partial charge in [-0.05, 0) is 74.2 Å². The molecular weight excluding hydrogens is 743 g/mol. The van der Waals surface area contributed by atoms with Crippen molar-refractivity contribution in [3.8, 4) is 34.0 Å². The summed E-state index contributed by atoms with van der Waals surface area (Å²) in [7, 11) is 0. The van der Waals surface area contributed by atoms with E-state index in [9.17, 15) is 9.59 Å². The number of halogens is 2. The predicted octanol–water partition coefficient (Wildman–Crippen LogP) is 5.84. The number of nitrogens with two attached hydrogens (primary N) is 2. The van der Waals surface area contributed by atoms with Crippen LogP contribution in [-0.4, -0.2) is 99.1 Å². The van der Waals surface area contributed by atoms with Crippen LogP contribution in [0.5, 0.6) is 11.5 Å². The van der Waals surface area contributed by atoms with Gasteiger partial charge in [0.1, 0.15) is 47.2 Å². The summed E-state index contributed by atoms with van der Waals surface area (Å²) >= 11 is 11.7. The van der Waals surface area contributed by atoms with E-state index >= 15 is 0 Å². The van der Waals surface area contributed by atoms with Crippen LogP contribution in [0.15, 0.2) is 61.2 Å². The summed E-state index contributed by atoms with van der Waals surface area (Å²) in [5, 5.41) is 11.3. The van der Waals surface area contributed by atoms with Crippen molar-refractivity contribution in [3.63, 3.8) is 0 Å². The number of ether oxygens (including phenoxy) is 1. The average molecular weight is 784 g/mol. The Bertz CT molecular complexity index is 2180. The molecule has 2 aromatic carbocycles. The molecule has 4 aromatic heterocycles. The number of carbonyl (C=O) groups excluding carboxylic acids is 2. The summed E-state index contributed by atoms with van der Waals surface area (Å²) in [6, 6.07) is 15.1. The lowest BCUT2D eigenvalue weighted by molar-refractivity contribution is -0.133. The molecule has 55 heavy (non-hydrogen) atoms. The smallest absolute Gasteiger partial charge is 0.223 e. The monoisotopic (exact) mass is 782 g/mol. The van der Waals surface area contributed by atoms with Crippen LogP contribution < -0.4 is 16.2 Å². The summed E-state index contributed by atoms with van der Waals surface area (Å²) in [6.07, 6.45) is 6.90. The summed E-state index contributed by atoms with van der Waals surface area (Å²) < 4.78 is 10.0. The third-order valence-corrected chi connectivity index (χ3v) is 10.7. The van der Waals surface area contributed by atoms with E-state index in [2.05, 4.69) is 19.9 Å². The topological polar surface area (TPSA) is 189 Å². The van der Waals surface area contributed by atoms with Gasteiger partial charge in [-0.1, -0.05) is 0 Å². The number of hydrogen-bond acceptors (Lipinski definition) is 11. The molecule has 15 nitrogen and oxygen atoms in total. The van der Waals surface area contributed by atoms with Gasteiger partial charge < -0.3 is 26.0 Å². The first-order valence-corrected chi connectivity index (χ1v) is 19.4. The first-order chi connectivity index (χ1) is 26.8. The molecular formula is C38H40Cl2N12O3. The highest BCUT2D eigenvalue weighted by Crippen LogP contribution is 2.37. The molecule has 4 N–H and O–H groups in total. The molecule has 284 valence electrons. The number of aromatic nitrogens is 8. The van der Waals surface area contributed by atoms with Gasteiger partial charge in [0.25, 0.3) is 0 Å². The van der Waals surface area contributed by atoms with Gasteiger partial charge >= 0.3 is 0 Å². The van der Waals surface area contributed by atoms with Gasteiger partial charge in [-0.25, -0.2) is 29.3 Å². The van der Waals surface area contributed by atoms with Crippen LogP contribution in [0.25, 0.3) is 44.6 Å². The van der Waals surface area contributed by atoms with Gasteiger partial charge in [-0.15, -0.1) is 23.2 Å². The SMILES string of the molecule is Nc1ncnc2c1c(-c1ccc(Oc3ccc(-c4nn([C@@H]5CCCN(C(=O)CCCl)C5)c5ncnc(N)c45)cc3)cc1)nn2[C@@H]1CCCN(C(=O)CCCl)C1. The maximum atomic E-state index is 12.6. The molecule has 0 radical (unpaired) electrons. The standard InChI is InChI=1S/C38H40Cl2N12O3/c39-15-13-29(53)49-17-1-3-25(19-49)51-37-31(35(41)43-21-45-37)33(47-51)23-5-9-27(10-6-23)55-28-11-7-24(8-12-28)34-32-36(42)44-22-46-38(32)52(48-34)26-4-2-18-50(20-26)30(54)14-16-40/h5-12,21-22,25-26H,1-4,13-20H2,(H2,41,43,45)(H2,42,44,46)/t25-,26-/m1/s1. The van der Waals surface area contributed by atoms with Crippen molar-refractivity contribution in [1.29, 1.82) is 0 Å². The van der Waals surface area contributed by atoms with E-state index < -0.39 is 0 Å². The normalized spacial score (nSPS) is 17.6. The minimum atomic E-state index is -0.0607. The van der Waals surface area contributed by atoms with E-state index in [-0.39, 0.29) is 23.9 Å². The molecule has 0 unspecified atom stereocenters. The first kappa shape index (κ1) is 36.4. The van der Waals surface area contributed by atoms with E-state index in [0.717, 1.165) is 36.8 Å². The first-order valence-electron chi connectivity index (χ1n) is 18.4. The molecule has 2 atom stereocenters. The molecule has 6 heterocycles. The molecule has 8 rings (SSSR count). The minimum absolute atomic E-state index is 0.0413. The highest BCUT2D eigenvalue weighted by molar-refractivity contribution is 6.19. The number of alkyl halides is 2. The van der Waals surface area contributed by atoms with Gasteiger partial charge in [-0.3, -0.25) is 9.59 Å². The molecule has 0 saturated carbocycles. The summed E-state index contributed by atoms with van der Waals surface area (Å²) in [6.45, 7) is 2.45. The van der Waals surface area contributed by atoms with Crippen LogP contribution in [-0.2, 0) is 9.59 Å². The molecule has 0 spiro atoms. The summed E-state index contributed by atoms with van der Waals surface area (Å²) in [4.78, 5) is 46.6. The molecule has 0 aliphatic carbocycles. The predicted molar refractivity (Wildman–Crippen MR) is 211 cm³/mol. The zero-order valence-electron chi connectivity index (χ0n) is 30.0. The third-order valence-electron chi connectivity index (χ3n) is 10.3. The van der Waals surface area contributed by atoms with Crippen molar-refractivity contribution in [2.24, 2.45) is 0 Å². The van der Waals surface area contributed by atoms with Crippen molar-refractivity contribution in [3.05, 3.63) is 61.2 Å². The number of carbonyl (C=O) groups is 2. The fourth-order valence-electron chi connectivity index (χ4n) is 7.64. The lowest BCUT2D eigenvalue weighted by Crippen LogP contribution is -2.41. The lowest BCUT2D eigenvalue weighted by Gasteiger charge is -2.33. The Morgan fingerprint density at radius 2 is 1.07 bits per heavy atom. The van der Waals surface area contributed by atoms with Crippen molar-refractivity contribution < 1.29 is 14.3 Å². The van der Waals surface area contributed by atoms with E-state index in [4.69, 9.17) is 49.6 Å². The van der Waals surface area contributed by atoms with Crippen LogP contribution in [0.3, 0.4) is 0 Å². The number of nitrogens with zero attached hydrogens (tertiary/aromatic N) is 10. The van der Waals surface area contributed by atoms with Gasteiger partial charge in [-0.2, -0.15) is 10.2 Å². The number of anilines is 2. The van der Waals surface area contributed by atoms with Gasteiger partial charge in [0.05, 0.1) is 22.9 Å². The molecule has 2 aliphatic rings. The number of piperidine rings is 2. The summed E-state index contributed by atoms with van der Waals surface area (Å²) in [5.41, 5.74) is 17.0. The molecule has 17 heteroatoms. The van der Waals surface area contributed by atoms with E-state index in [1.807, 2.05) is 67.7 Å². The Morgan fingerprint density at radius 1 is 0.655 bits per heavy atom. The molecule has 2 aliphatic heterocycles. The highest BCUT2D eigenvalue weighted by Gasteiger charge is 2.30. The number of fused-ring (bicyclic) bond motifs is 2. The fourth-order valence-corrected chi connectivity index (χ4v) is 7.96. The van der Waals surface area contributed by atoms with Crippen molar-refractivity contribution in [2.75, 3.05) is 49.4 Å². The fraction of sp³-hybridized carbons (Fsp3) is 0.368. The second-order valence-electron chi connectivity index (χ2n) is 13.8. The van der Waals surface area contributed by atoms with Gasteiger partial charge in [0.2, 0.25) is 11.8 Å². The second-order valence-corrected chi connectivity index (χ2v) is 14.6. The van der Waals surface area contributed by atoms with Crippen LogP contribution in [0, 0.1) is 0 Å². The maximum Gasteiger partial charge on any atom is 0.223 e. The molecule has 2 fully saturated rings. The van der Waals surface area contributed by atoms with E-state index in [1.54, 1.807) is 0 Å². The molecule has 6 aromatic rings. The lowest BCUT2D eigenvalue weighted by atomic mass is 10.1. The Hall–Kier alpha value is -5.54. The Kier molecular flexibility index (Phi) is 10.4. The minimum Gasteiger partial charge on any atom is -0.457 e. The van der Waals surface area contributed by atoms with Crippen molar-refractivity contribution >= 4 is 68.7 Å². The largest absolute Gasteiger partial charge is 0.457 e. The van der Waals surface area contributed by atoms with Crippen LogP contribution in [0.4, 0.5) is 11.6 Å². The van der Waals surface area contributed by atoms with Gasteiger partial charge in [0.15, 0.2) is 11.3 Å². The van der Waals surface area contributed by atoms with Crippen molar-refractivity contribution in [2.45, 2.75) is 50.6 Å². The number of benzene rings is 2. The maximum absolute atomic E-state index is 12.6. The van der Waals surface area contributed by atoms with Gasteiger partial charge in [0, 0.05) is 61.9 Å². The Balaban J connectivity index is 1.02. The Morgan fingerprint density at radius 3 is 1.47 bits per heavy atom. The Labute approximate surface area is 326 Å². The van der Waals surface area contributed by atoms with E-state index in [0.29, 0.717) is 107 Å². The van der Waals surface area contributed by atoms with Crippen LogP contribution in [0.2, 0.25) is 0 Å². The zero-order chi connectivity index (χ0) is 38.1. The summed E-state index contributed by atoms with van der Waals surface area (Å²) in [5.74, 6) is 2.59.